The van der Waals surface area contributed by atoms with Gasteiger partial charge in [0.25, 0.3) is 0 Å². The Hall–Kier alpha value is -1.51. The van der Waals surface area contributed by atoms with Crippen molar-refractivity contribution in [3.05, 3.63) is 24.0 Å². The molecule has 3 heteroatoms. The first-order chi connectivity index (χ1) is 6.72. The van der Waals surface area contributed by atoms with Crippen molar-refractivity contribution in [2.24, 2.45) is 0 Å². The van der Waals surface area contributed by atoms with Crippen LogP contribution in [0, 0.1) is 0 Å². The van der Waals surface area contributed by atoms with Crippen LogP contribution in [-0.4, -0.2) is 17.1 Å². The summed E-state index contributed by atoms with van der Waals surface area (Å²) in [7, 11) is 1.67. The topological polar surface area (TPSA) is 37.9 Å². The van der Waals surface area contributed by atoms with Gasteiger partial charge >= 0.3 is 0 Å². The van der Waals surface area contributed by atoms with E-state index in [1.54, 1.807) is 13.3 Å². The van der Waals surface area contributed by atoms with Crippen LogP contribution in [0.5, 0.6) is 5.75 Å². The highest BCUT2D eigenvalue weighted by molar-refractivity contribution is 5.82. The molecule has 3 nitrogen and oxygen atoms in total. The number of methoxy groups -OCH3 is 1. The van der Waals surface area contributed by atoms with E-state index in [1.165, 1.54) is 5.69 Å². The third kappa shape index (κ3) is 1.35. The third-order valence-corrected chi connectivity index (χ3v) is 2.35. The van der Waals surface area contributed by atoms with Crippen molar-refractivity contribution in [1.29, 1.82) is 0 Å². The Kier molecular flexibility index (Phi) is 2.15. The van der Waals surface area contributed by atoms with Crippen LogP contribution in [0.4, 0.5) is 0 Å². The molecule has 0 aliphatic carbocycles. The van der Waals surface area contributed by atoms with E-state index in [4.69, 9.17) is 4.74 Å². The number of H-pyrrole nitrogens is 1. The first-order valence-electron chi connectivity index (χ1n) is 4.74. The maximum atomic E-state index is 5.25. The van der Waals surface area contributed by atoms with Gasteiger partial charge in [-0.1, -0.05) is 13.8 Å². The number of nitrogens with zero attached hydrogens (tertiary/aromatic N) is 1. The summed E-state index contributed by atoms with van der Waals surface area (Å²) in [4.78, 5) is 7.61. The van der Waals surface area contributed by atoms with E-state index in [0.717, 1.165) is 16.8 Å². The largest absolute Gasteiger partial charge is 0.494 e. The molecule has 2 heterocycles. The van der Waals surface area contributed by atoms with Gasteiger partial charge in [0.2, 0.25) is 0 Å². The van der Waals surface area contributed by atoms with Crippen LogP contribution >= 0.6 is 0 Å². The third-order valence-electron chi connectivity index (χ3n) is 2.35. The number of aromatic amines is 1. The average molecular weight is 190 g/mol. The van der Waals surface area contributed by atoms with E-state index >= 15 is 0 Å². The molecular weight excluding hydrogens is 176 g/mol. The molecule has 1 N–H and O–H groups in total. The van der Waals surface area contributed by atoms with Crippen LogP contribution in [0.3, 0.4) is 0 Å². The minimum absolute atomic E-state index is 0.480. The molecule has 0 atom stereocenters. The summed E-state index contributed by atoms with van der Waals surface area (Å²) in [5.74, 6) is 1.33. The number of rotatable bonds is 2. The fourth-order valence-corrected chi connectivity index (χ4v) is 1.50. The number of fused-ring (bicyclic) bond motifs is 1. The number of aromatic nitrogens is 2. The van der Waals surface area contributed by atoms with Gasteiger partial charge in [0, 0.05) is 18.0 Å². The minimum Gasteiger partial charge on any atom is -0.494 e. The highest BCUT2D eigenvalue weighted by Gasteiger charge is 2.08. The smallest absolute Gasteiger partial charge is 0.146 e. The van der Waals surface area contributed by atoms with Crippen LogP contribution in [-0.2, 0) is 0 Å². The van der Waals surface area contributed by atoms with Crippen molar-refractivity contribution >= 4 is 11.0 Å². The molecule has 0 unspecified atom stereocenters. The zero-order valence-corrected chi connectivity index (χ0v) is 8.66. The highest BCUT2D eigenvalue weighted by Crippen LogP contribution is 2.26. The molecule has 0 aromatic carbocycles. The highest BCUT2D eigenvalue weighted by atomic mass is 16.5. The molecule has 14 heavy (non-hydrogen) atoms. The van der Waals surface area contributed by atoms with E-state index in [0.29, 0.717) is 5.92 Å². The SMILES string of the molecule is COc1ccnc2cc(C(C)C)[nH]c12. The van der Waals surface area contributed by atoms with E-state index < -0.39 is 0 Å². The van der Waals surface area contributed by atoms with Gasteiger partial charge in [-0.3, -0.25) is 4.98 Å². The quantitative estimate of drug-likeness (QED) is 0.790. The number of hydrogen-bond donors (Lipinski definition) is 1. The van der Waals surface area contributed by atoms with E-state index in [-0.39, 0.29) is 0 Å². The monoisotopic (exact) mass is 190 g/mol. The molecule has 0 spiro atoms. The summed E-state index contributed by atoms with van der Waals surface area (Å²) in [6.07, 6.45) is 1.76. The van der Waals surface area contributed by atoms with E-state index in [9.17, 15) is 0 Å². The van der Waals surface area contributed by atoms with E-state index in [2.05, 4.69) is 29.9 Å². The Morgan fingerprint density at radius 3 is 2.86 bits per heavy atom. The fourth-order valence-electron chi connectivity index (χ4n) is 1.50. The summed E-state index contributed by atoms with van der Waals surface area (Å²) >= 11 is 0. The second kappa shape index (κ2) is 3.33. The first-order valence-corrected chi connectivity index (χ1v) is 4.74. The summed E-state index contributed by atoms with van der Waals surface area (Å²) < 4.78 is 5.25. The average Bonchev–Trinajstić information content (AvgIpc) is 2.60. The summed E-state index contributed by atoms with van der Waals surface area (Å²) in [6.45, 7) is 4.30. The van der Waals surface area contributed by atoms with Crippen LogP contribution in [0.15, 0.2) is 18.3 Å². The van der Waals surface area contributed by atoms with Gasteiger partial charge in [-0.15, -0.1) is 0 Å². The molecule has 0 saturated heterocycles. The van der Waals surface area contributed by atoms with E-state index in [1.807, 2.05) is 6.07 Å². The Balaban J connectivity index is 2.64. The van der Waals surface area contributed by atoms with Gasteiger partial charge in [0.15, 0.2) is 0 Å². The van der Waals surface area contributed by atoms with Crippen molar-refractivity contribution < 1.29 is 4.74 Å². The molecular formula is C11H14N2O. The van der Waals surface area contributed by atoms with Crippen molar-refractivity contribution in [1.82, 2.24) is 9.97 Å². The molecule has 0 aliphatic heterocycles. The fraction of sp³-hybridized carbons (Fsp3) is 0.364. The lowest BCUT2D eigenvalue weighted by Gasteiger charge is -2.00. The number of ether oxygens (including phenoxy) is 1. The summed E-state index contributed by atoms with van der Waals surface area (Å²) in [5, 5.41) is 0. The minimum atomic E-state index is 0.480. The zero-order chi connectivity index (χ0) is 10.1. The van der Waals surface area contributed by atoms with Gasteiger partial charge in [-0.25, -0.2) is 0 Å². The Morgan fingerprint density at radius 1 is 1.43 bits per heavy atom. The second-order valence-corrected chi connectivity index (χ2v) is 3.65. The molecule has 0 fully saturated rings. The van der Waals surface area contributed by atoms with Gasteiger partial charge < -0.3 is 9.72 Å². The Morgan fingerprint density at radius 2 is 2.21 bits per heavy atom. The maximum absolute atomic E-state index is 5.25. The molecule has 74 valence electrons. The lowest BCUT2D eigenvalue weighted by atomic mass is 10.1. The van der Waals surface area contributed by atoms with Gasteiger partial charge in [0.05, 0.1) is 12.6 Å². The molecule has 0 bridgehead atoms. The molecule has 2 aromatic rings. The van der Waals surface area contributed by atoms with Crippen LogP contribution < -0.4 is 4.74 Å². The first kappa shape index (κ1) is 9.06. The Labute approximate surface area is 83.1 Å². The summed E-state index contributed by atoms with van der Waals surface area (Å²) in [5.41, 5.74) is 3.14. The molecule has 2 aromatic heterocycles. The maximum Gasteiger partial charge on any atom is 0.146 e. The lowest BCUT2D eigenvalue weighted by molar-refractivity contribution is 0.418. The molecule has 2 rings (SSSR count). The van der Waals surface area contributed by atoms with Crippen molar-refractivity contribution in [3.63, 3.8) is 0 Å². The van der Waals surface area contributed by atoms with Gasteiger partial charge in [-0.05, 0) is 12.0 Å². The van der Waals surface area contributed by atoms with Crippen molar-refractivity contribution in [3.8, 4) is 5.75 Å². The standard InChI is InChI=1S/C11H14N2O/c1-7(2)8-6-9-11(13-8)10(14-3)4-5-12-9/h4-7,13H,1-3H3. The lowest BCUT2D eigenvalue weighted by Crippen LogP contribution is -1.87. The van der Waals surface area contributed by atoms with Crippen molar-refractivity contribution in [2.75, 3.05) is 7.11 Å². The van der Waals surface area contributed by atoms with Crippen LogP contribution in [0.1, 0.15) is 25.5 Å². The number of pyridine rings is 1. The summed E-state index contributed by atoms with van der Waals surface area (Å²) in [6, 6.07) is 3.94. The predicted octanol–water partition coefficient (Wildman–Crippen LogP) is 2.69. The number of nitrogens with one attached hydrogen (secondary N) is 1. The molecule has 0 amide bonds. The molecule has 0 radical (unpaired) electrons. The van der Waals surface area contributed by atoms with Crippen LogP contribution in [0.25, 0.3) is 11.0 Å². The molecule has 0 aliphatic rings. The zero-order valence-electron chi connectivity index (χ0n) is 8.66. The second-order valence-electron chi connectivity index (χ2n) is 3.65. The Bertz CT molecular complexity index is 445. The normalized spacial score (nSPS) is 11.1. The van der Waals surface area contributed by atoms with Crippen molar-refractivity contribution in [2.45, 2.75) is 19.8 Å². The van der Waals surface area contributed by atoms with Gasteiger partial charge in [0.1, 0.15) is 11.3 Å². The molecule has 0 saturated carbocycles. The van der Waals surface area contributed by atoms with Gasteiger partial charge in [-0.2, -0.15) is 0 Å². The predicted molar refractivity (Wildman–Crippen MR) is 56.7 cm³/mol. The number of hydrogen-bond acceptors (Lipinski definition) is 2. The van der Waals surface area contributed by atoms with Crippen LogP contribution in [0.2, 0.25) is 0 Å².